The molecular formula is C14H21ClN2O. The van der Waals surface area contributed by atoms with Crippen LogP contribution in [0.1, 0.15) is 24.0 Å². The van der Waals surface area contributed by atoms with Gasteiger partial charge in [-0.05, 0) is 42.5 Å². The van der Waals surface area contributed by atoms with Crippen molar-refractivity contribution < 1.29 is 5.11 Å². The molecule has 1 unspecified atom stereocenters. The summed E-state index contributed by atoms with van der Waals surface area (Å²) in [5, 5.41) is 9.76. The van der Waals surface area contributed by atoms with Gasteiger partial charge in [0.15, 0.2) is 0 Å². The lowest BCUT2D eigenvalue weighted by Crippen LogP contribution is -2.20. The number of nitrogens with two attached hydrogens (primary N) is 1. The Bertz CT molecular complexity index is 397. The van der Waals surface area contributed by atoms with Crippen LogP contribution in [0, 0.1) is 5.92 Å². The molecule has 1 aliphatic rings. The van der Waals surface area contributed by atoms with Crippen molar-refractivity contribution >= 4 is 11.6 Å². The number of halogens is 1. The van der Waals surface area contributed by atoms with Crippen LogP contribution in [0.4, 0.5) is 0 Å². The van der Waals surface area contributed by atoms with Gasteiger partial charge in [-0.1, -0.05) is 23.7 Å². The molecule has 100 valence electrons. The first-order valence-corrected chi connectivity index (χ1v) is 6.91. The third-order valence-electron chi connectivity index (χ3n) is 3.65. The van der Waals surface area contributed by atoms with E-state index in [2.05, 4.69) is 11.0 Å². The SMILES string of the molecule is NCc1ccc(CN2CCC(CCO)C2)c(Cl)c1. The second-order valence-corrected chi connectivity index (χ2v) is 5.44. The van der Waals surface area contributed by atoms with E-state index in [1.807, 2.05) is 12.1 Å². The molecule has 3 nitrogen and oxygen atoms in total. The lowest BCUT2D eigenvalue weighted by Gasteiger charge is -2.17. The summed E-state index contributed by atoms with van der Waals surface area (Å²) < 4.78 is 0. The predicted molar refractivity (Wildman–Crippen MR) is 74.4 cm³/mol. The van der Waals surface area contributed by atoms with Gasteiger partial charge in [-0.2, -0.15) is 0 Å². The summed E-state index contributed by atoms with van der Waals surface area (Å²) in [4.78, 5) is 2.41. The highest BCUT2D eigenvalue weighted by Gasteiger charge is 2.22. The van der Waals surface area contributed by atoms with Gasteiger partial charge >= 0.3 is 0 Å². The Balaban J connectivity index is 1.94. The van der Waals surface area contributed by atoms with Crippen molar-refractivity contribution in [1.82, 2.24) is 4.90 Å². The van der Waals surface area contributed by atoms with E-state index in [9.17, 15) is 0 Å². The van der Waals surface area contributed by atoms with E-state index in [1.54, 1.807) is 0 Å². The predicted octanol–water partition coefficient (Wildman–Crippen LogP) is 2.00. The zero-order valence-corrected chi connectivity index (χ0v) is 11.4. The van der Waals surface area contributed by atoms with Gasteiger partial charge in [0.05, 0.1) is 0 Å². The monoisotopic (exact) mass is 268 g/mol. The molecule has 1 aromatic carbocycles. The number of rotatable bonds is 5. The molecule has 1 aromatic rings. The van der Waals surface area contributed by atoms with E-state index >= 15 is 0 Å². The summed E-state index contributed by atoms with van der Waals surface area (Å²) in [6.45, 7) is 3.88. The third-order valence-corrected chi connectivity index (χ3v) is 4.01. The Morgan fingerprint density at radius 1 is 1.44 bits per heavy atom. The molecule has 1 fully saturated rings. The Morgan fingerprint density at radius 3 is 2.94 bits per heavy atom. The average Bonchev–Trinajstić information content (AvgIpc) is 2.80. The van der Waals surface area contributed by atoms with Crippen LogP contribution in [-0.4, -0.2) is 29.7 Å². The zero-order chi connectivity index (χ0) is 13.0. The largest absolute Gasteiger partial charge is 0.396 e. The van der Waals surface area contributed by atoms with Crippen LogP contribution in [-0.2, 0) is 13.1 Å². The van der Waals surface area contributed by atoms with E-state index in [4.69, 9.17) is 22.4 Å². The van der Waals surface area contributed by atoms with E-state index in [0.717, 1.165) is 36.6 Å². The molecule has 0 bridgehead atoms. The molecule has 1 aliphatic heterocycles. The minimum Gasteiger partial charge on any atom is -0.396 e. The van der Waals surface area contributed by atoms with Crippen molar-refractivity contribution in [3.63, 3.8) is 0 Å². The smallest absolute Gasteiger partial charge is 0.0454 e. The first kappa shape index (κ1) is 13.8. The van der Waals surface area contributed by atoms with Crippen molar-refractivity contribution in [2.45, 2.75) is 25.9 Å². The van der Waals surface area contributed by atoms with Gasteiger partial charge in [-0.25, -0.2) is 0 Å². The fraction of sp³-hybridized carbons (Fsp3) is 0.571. The van der Waals surface area contributed by atoms with Crippen LogP contribution in [0.15, 0.2) is 18.2 Å². The molecule has 4 heteroatoms. The number of aliphatic hydroxyl groups is 1. The van der Waals surface area contributed by atoms with Gasteiger partial charge in [0.25, 0.3) is 0 Å². The summed E-state index contributed by atoms with van der Waals surface area (Å²) in [6.07, 6.45) is 2.09. The number of aliphatic hydroxyl groups excluding tert-OH is 1. The number of nitrogens with zero attached hydrogens (tertiary/aromatic N) is 1. The van der Waals surface area contributed by atoms with Crippen molar-refractivity contribution in [2.24, 2.45) is 11.7 Å². The van der Waals surface area contributed by atoms with Crippen LogP contribution in [0.25, 0.3) is 0 Å². The topological polar surface area (TPSA) is 49.5 Å². The summed E-state index contributed by atoms with van der Waals surface area (Å²) in [7, 11) is 0. The van der Waals surface area contributed by atoms with Crippen LogP contribution >= 0.6 is 11.6 Å². The fourth-order valence-corrected chi connectivity index (χ4v) is 2.82. The normalized spacial score (nSPS) is 20.5. The van der Waals surface area contributed by atoms with Gasteiger partial charge < -0.3 is 10.8 Å². The highest BCUT2D eigenvalue weighted by Crippen LogP contribution is 2.24. The van der Waals surface area contributed by atoms with Crippen LogP contribution in [0.5, 0.6) is 0 Å². The highest BCUT2D eigenvalue weighted by atomic mass is 35.5. The number of benzene rings is 1. The second-order valence-electron chi connectivity index (χ2n) is 5.03. The Hall–Kier alpha value is -0.610. The maximum absolute atomic E-state index is 8.95. The zero-order valence-electron chi connectivity index (χ0n) is 10.6. The Kier molecular flexibility index (Phi) is 5.01. The maximum Gasteiger partial charge on any atom is 0.0454 e. The molecule has 1 heterocycles. The van der Waals surface area contributed by atoms with Crippen molar-refractivity contribution in [1.29, 1.82) is 0 Å². The molecule has 0 radical (unpaired) electrons. The van der Waals surface area contributed by atoms with Crippen LogP contribution in [0.2, 0.25) is 5.02 Å². The lowest BCUT2D eigenvalue weighted by atomic mass is 10.1. The fourth-order valence-electron chi connectivity index (χ4n) is 2.56. The van der Waals surface area contributed by atoms with E-state index in [1.165, 1.54) is 12.0 Å². The van der Waals surface area contributed by atoms with Gasteiger partial charge in [0, 0.05) is 31.3 Å². The van der Waals surface area contributed by atoms with Gasteiger partial charge in [-0.3, -0.25) is 4.90 Å². The van der Waals surface area contributed by atoms with Crippen molar-refractivity contribution in [3.8, 4) is 0 Å². The standard InChI is InChI=1S/C14H21ClN2O/c15-14-7-12(8-16)1-2-13(14)10-17-5-3-11(9-17)4-6-18/h1-2,7,11,18H,3-6,8-10,16H2. The molecule has 2 rings (SSSR count). The van der Waals surface area contributed by atoms with Crippen molar-refractivity contribution in [2.75, 3.05) is 19.7 Å². The van der Waals surface area contributed by atoms with Crippen molar-refractivity contribution in [3.05, 3.63) is 34.3 Å². The van der Waals surface area contributed by atoms with E-state index in [-0.39, 0.29) is 0 Å². The molecule has 1 saturated heterocycles. The average molecular weight is 269 g/mol. The summed E-state index contributed by atoms with van der Waals surface area (Å²) in [5.41, 5.74) is 7.83. The molecule has 0 spiro atoms. The van der Waals surface area contributed by atoms with Crippen LogP contribution in [0.3, 0.4) is 0 Å². The summed E-state index contributed by atoms with van der Waals surface area (Å²) in [5.74, 6) is 0.636. The quantitative estimate of drug-likeness (QED) is 0.859. The minimum absolute atomic E-state index is 0.296. The summed E-state index contributed by atoms with van der Waals surface area (Å²) in [6, 6.07) is 6.07. The van der Waals surface area contributed by atoms with E-state index in [0.29, 0.717) is 19.1 Å². The number of hydrogen-bond donors (Lipinski definition) is 2. The molecule has 1 atom stereocenters. The first-order chi connectivity index (χ1) is 8.72. The number of likely N-dealkylation sites (tertiary alicyclic amines) is 1. The molecular weight excluding hydrogens is 248 g/mol. The highest BCUT2D eigenvalue weighted by molar-refractivity contribution is 6.31. The third kappa shape index (κ3) is 3.45. The molecule has 0 aromatic heterocycles. The van der Waals surface area contributed by atoms with E-state index < -0.39 is 0 Å². The maximum atomic E-state index is 8.95. The Labute approximate surface area is 114 Å². The van der Waals surface area contributed by atoms with Gasteiger partial charge in [0.2, 0.25) is 0 Å². The molecule has 0 aliphatic carbocycles. The minimum atomic E-state index is 0.296. The second kappa shape index (κ2) is 6.53. The Morgan fingerprint density at radius 2 is 2.28 bits per heavy atom. The molecule has 18 heavy (non-hydrogen) atoms. The van der Waals surface area contributed by atoms with Gasteiger partial charge in [0.1, 0.15) is 0 Å². The molecule has 0 saturated carbocycles. The molecule has 3 N–H and O–H groups in total. The first-order valence-electron chi connectivity index (χ1n) is 6.53. The summed E-state index contributed by atoms with van der Waals surface area (Å²) >= 11 is 6.26. The number of hydrogen-bond acceptors (Lipinski definition) is 3. The van der Waals surface area contributed by atoms with Gasteiger partial charge in [-0.15, -0.1) is 0 Å². The molecule has 0 amide bonds. The lowest BCUT2D eigenvalue weighted by molar-refractivity contribution is 0.249. The van der Waals surface area contributed by atoms with Crippen LogP contribution < -0.4 is 5.73 Å².